The Bertz CT molecular complexity index is 1600. The first-order valence-corrected chi connectivity index (χ1v) is 15.9. The van der Waals surface area contributed by atoms with Crippen molar-refractivity contribution in [3.63, 3.8) is 0 Å². The number of sulfonamides is 1. The highest BCUT2D eigenvalue weighted by Gasteiger charge is 2.35. The summed E-state index contributed by atoms with van der Waals surface area (Å²) >= 11 is 12.8. The van der Waals surface area contributed by atoms with Gasteiger partial charge in [-0.05, 0) is 96.7 Å². The average molecular weight is 636 g/mol. The molecule has 3 aromatic carbocycles. The van der Waals surface area contributed by atoms with Crippen LogP contribution in [-0.2, 0) is 22.9 Å². The van der Waals surface area contributed by atoms with Gasteiger partial charge in [-0.3, -0.25) is 0 Å². The molecule has 0 spiro atoms. The number of likely N-dealkylation sites (tertiary alicyclic amines) is 1. The van der Waals surface area contributed by atoms with Gasteiger partial charge < -0.3 is 9.64 Å². The summed E-state index contributed by atoms with van der Waals surface area (Å²) in [6, 6.07) is 15.6. The monoisotopic (exact) mass is 634 g/mol. The molecule has 1 N–H and O–H groups in total. The highest BCUT2D eigenvalue weighted by Crippen LogP contribution is 2.39. The molecule has 2 amide bonds. The molecule has 0 bridgehead atoms. The van der Waals surface area contributed by atoms with E-state index in [1.807, 2.05) is 42.5 Å². The summed E-state index contributed by atoms with van der Waals surface area (Å²) in [5.74, 6) is -1.31. The van der Waals surface area contributed by atoms with Crippen LogP contribution in [0.1, 0.15) is 36.5 Å². The first-order valence-electron chi connectivity index (χ1n) is 13.6. The second kappa shape index (κ2) is 12.6. The van der Waals surface area contributed by atoms with E-state index in [1.54, 1.807) is 4.72 Å². The van der Waals surface area contributed by atoms with Crippen molar-refractivity contribution in [2.75, 3.05) is 19.7 Å². The molecule has 0 aromatic heterocycles. The summed E-state index contributed by atoms with van der Waals surface area (Å²) < 4.78 is 60.5. The highest BCUT2D eigenvalue weighted by atomic mass is 35.5. The summed E-state index contributed by atoms with van der Waals surface area (Å²) in [6.45, 7) is 3.34. The third-order valence-electron chi connectivity index (χ3n) is 7.54. The van der Waals surface area contributed by atoms with E-state index in [0.29, 0.717) is 37.1 Å². The Balaban J connectivity index is 1.13. The predicted octanol–water partition coefficient (Wildman–Crippen LogP) is 7.19. The maximum Gasteiger partial charge on any atom is 0.331 e. The van der Waals surface area contributed by atoms with Crippen LogP contribution in [0.5, 0.6) is 5.75 Å². The van der Waals surface area contributed by atoms with Gasteiger partial charge in [0.25, 0.3) is 10.0 Å². The number of nitrogens with one attached hydrogen (secondary N) is 1. The largest absolute Gasteiger partial charge is 0.493 e. The third kappa shape index (κ3) is 6.90. The lowest BCUT2D eigenvalue weighted by molar-refractivity contribution is 0.124. The number of halogens is 4. The molecule has 1 fully saturated rings. The van der Waals surface area contributed by atoms with Crippen molar-refractivity contribution in [1.82, 2.24) is 9.62 Å². The van der Waals surface area contributed by atoms with Crippen LogP contribution in [0.25, 0.3) is 5.03 Å². The van der Waals surface area contributed by atoms with Crippen LogP contribution in [-0.4, -0.2) is 39.0 Å². The van der Waals surface area contributed by atoms with Crippen LogP contribution in [0.3, 0.4) is 0 Å². The Morgan fingerprint density at radius 3 is 2.43 bits per heavy atom. The van der Waals surface area contributed by atoms with E-state index in [2.05, 4.69) is 6.92 Å². The van der Waals surface area contributed by atoms with Crippen molar-refractivity contribution in [1.29, 1.82) is 0 Å². The van der Waals surface area contributed by atoms with Crippen LogP contribution in [0.4, 0.5) is 13.6 Å². The SMILES string of the molecule is C[C@H](COc1ccc2c(c1)CCC(CC1CN(C(=O)NS(=O)(=O)c3c(F)cccc3F)C1)=C2Cl)Cc1ccc(Cl)cc1. The molecule has 11 heteroatoms. The van der Waals surface area contributed by atoms with Gasteiger partial charge in [0, 0.05) is 23.1 Å². The smallest absolute Gasteiger partial charge is 0.331 e. The fourth-order valence-electron chi connectivity index (χ4n) is 5.36. The average Bonchev–Trinajstić information content (AvgIpc) is 2.91. The number of fused-ring (bicyclic) bond motifs is 1. The van der Waals surface area contributed by atoms with E-state index in [1.165, 1.54) is 10.5 Å². The minimum absolute atomic E-state index is 0.0960. The summed E-state index contributed by atoms with van der Waals surface area (Å²) in [6.07, 6.45) is 3.13. The second-order valence-corrected chi connectivity index (χ2v) is 13.4. The van der Waals surface area contributed by atoms with Gasteiger partial charge in [0.2, 0.25) is 0 Å². The van der Waals surface area contributed by atoms with E-state index in [9.17, 15) is 22.0 Å². The van der Waals surface area contributed by atoms with Crippen LogP contribution in [0, 0.1) is 23.5 Å². The first-order chi connectivity index (χ1) is 20.0. The van der Waals surface area contributed by atoms with E-state index in [0.717, 1.165) is 64.9 Å². The number of carbonyl (C=O) groups excluding carboxylic acids is 1. The van der Waals surface area contributed by atoms with Crippen LogP contribution >= 0.6 is 23.2 Å². The number of aryl methyl sites for hydroxylation is 1. The molecule has 3 aromatic rings. The van der Waals surface area contributed by atoms with Crippen molar-refractivity contribution < 1.29 is 26.7 Å². The zero-order chi connectivity index (χ0) is 30.0. The van der Waals surface area contributed by atoms with E-state index in [-0.39, 0.29) is 5.92 Å². The molecule has 1 aliphatic carbocycles. The Labute approximate surface area is 254 Å². The first kappa shape index (κ1) is 30.3. The number of urea groups is 1. The summed E-state index contributed by atoms with van der Waals surface area (Å²) in [4.78, 5) is 12.6. The Kier molecular flexibility index (Phi) is 9.11. The zero-order valence-electron chi connectivity index (χ0n) is 22.9. The fourth-order valence-corrected chi connectivity index (χ4v) is 6.95. The summed E-state index contributed by atoms with van der Waals surface area (Å²) in [5, 5.41) is 1.42. The maximum atomic E-state index is 13.9. The number of rotatable bonds is 9. The summed E-state index contributed by atoms with van der Waals surface area (Å²) in [7, 11) is -4.69. The van der Waals surface area contributed by atoms with Crippen molar-refractivity contribution in [2.45, 2.75) is 37.5 Å². The van der Waals surface area contributed by atoms with E-state index in [4.69, 9.17) is 27.9 Å². The van der Waals surface area contributed by atoms with Crippen LogP contribution in [0.2, 0.25) is 5.02 Å². The number of carbonyl (C=O) groups is 1. The number of allylic oxidation sites excluding steroid dienone is 1. The molecule has 0 unspecified atom stereocenters. The van der Waals surface area contributed by atoms with Crippen molar-refractivity contribution in [2.24, 2.45) is 11.8 Å². The van der Waals surface area contributed by atoms with Gasteiger partial charge in [-0.15, -0.1) is 0 Å². The van der Waals surface area contributed by atoms with Crippen molar-refractivity contribution >= 4 is 44.3 Å². The van der Waals surface area contributed by atoms with Gasteiger partial charge in [-0.1, -0.05) is 53.9 Å². The quantitative estimate of drug-likeness (QED) is 0.270. The van der Waals surface area contributed by atoms with Crippen LogP contribution < -0.4 is 9.46 Å². The molecule has 1 atom stereocenters. The number of ether oxygens (including phenoxy) is 1. The normalized spacial score (nSPS) is 16.1. The Hall–Kier alpha value is -3.14. The van der Waals surface area contributed by atoms with E-state index >= 15 is 0 Å². The van der Waals surface area contributed by atoms with Crippen LogP contribution in [0.15, 0.2) is 71.1 Å². The van der Waals surface area contributed by atoms with Gasteiger partial charge in [-0.25, -0.2) is 26.7 Å². The highest BCUT2D eigenvalue weighted by molar-refractivity contribution is 7.90. The topological polar surface area (TPSA) is 75.7 Å². The molecule has 1 saturated heterocycles. The number of hydrogen-bond acceptors (Lipinski definition) is 4. The molecule has 1 aliphatic heterocycles. The summed E-state index contributed by atoms with van der Waals surface area (Å²) in [5.41, 5.74) is 4.38. The van der Waals surface area contributed by atoms with Crippen molar-refractivity contribution in [3.05, 3.63) is 99.6 Å². The third-order valence-corrected chi connectivity index (χ3v) is 9.63. The number of nitrogens with zero attached hydrogens (tertiary/aromatic N) is 1. The molecular formula is C31H30Cl2F2N2O4S. The van der Waals surface area contributed by atoms with Gasteiger partial charge in [-0.2, -0.15) is 0 Å². The Morgan fingerprint density at radius 1 is 1.05 bits per heavy atom. The minimum atomic E-state index is -4.69. The molecule has 0 saturated carbocycles. The maximum absolute atomic E-state index is 13.9. The standard InChI is InChI=1S/C31H30Cl2F2N2O4S/c1-19(13-20-5-9-24(32)10-6-20)18-41-25-11-12-26-22(15-25)7-8-23(29(26)33)14-21-16-37(17-21)31(38)36-42(39,40)30-27(34)3-2-4-28(30)35/h2-6,9-12,15,19,21H,7-8,13-14,16-18H2,1H3,(H,36,38)/t19-/m0/s1. The second-order valence-electron chi connectivity index (χ2n) is 10.9. The van der Waals surface area contributed by atoms with E-state index < -0.39 is 32.6 Å². The molecule has 6 nitrogen and oxygen atoms in total. The predicted molar refractivity (Wildman–Crippen MR) is 159 cm³/mol. The lowest BCUT2D eigenvalue weighted by Crippen LogP contribution is -2.54. The number of benzene rings is 3. The number of hydrogen-bond donors (Lipinski definition) is 1. The van der Waals surface area contributed by atoms with Gasteiger partial charge in [0.15, 0.2) is 4.90 Å². The molecular weight excluding hydrogens is 605 g/mol. The fraction of sp³-hybridized carbons (Fsp3) is 0.323. The molecule has 0 radical (unpaired) electrons. The van der Waals surface area contributed by atoms with Gasteiger partial charge >= 0.3 is 6.03 Å². The van der Waals surface area contributed by atoms with Gasteiger partial charge in [0.1, 0.15) is 17.4 Å². The molecule has 42 heavy (non-hydrogen) atoms. The molecule has 2 aliphatic rings. The lowest BCUT2D eigenvalue weighted by Gasteiger charge is -2.40. The minimum Gasteiger partial charge on any atom is -0.493 e. The molecule has 5 rings (SSSR count). The van der Waals surface area contributed by atoms with Gasteiger partial charge in [0.05, 0.1) is 6.61 Å². The number of amides is 2. The van der Waals surface area contributed by atoms with Crippen molar-refractivity contribution in [3.8, 4) is 5.75 Å². The zero-order valence-corrected chi connectivity index (χ0v) is 25.2. The Morgan fingerprint density at radius 2 is 1.74 bits per heavy atom. The molecule has 1 heterocycles. The molecule has 222 valence electrons. The lowest BCUT2D eigenvalue weighted by atomic mass is 9.84.